The van der Waals surface area contributed by atoms with Crippen molar-refractivity contribution in [2.75, 3.05) is 11.9 Å². The maximum Gasteiger partial charge on any atom is 0.434 e. The zero-order chi connectivity index (χ0) is 25.8. The molecule has 0 aliphatic rings. The van der Waals surface area contributed by atoms with Gasteiger partial charge >= 0.3 is 12.1 Å². The SMILES string of the molecule is CC(C)(C)C(Nc1cccc(-n2cnc(C(F)(F)F)c2)n1)c1ccc(C(=O)NCCC(=O)O)cc1. The van der Waals surface area contributed by atoms with E-state index in [1.165, 1.54) is 4.57 Å². The number of imidazole rings is 1. The summed E-state index contributed by atoms with van der Waals surface area (Å²) in [6.45, 7) is 6.09. The van der Waals surface area contributed by atoms with Crippen LogP contribution in [0.4, 0.5) is 19.0 Å². The third-order valence-corrected chi connectivity index (χ3v) is 5.16. The Labute approximate surface area is 200 Å². The number of hydrogen-bond acceptors (Lipinski definition) is 5. The molecule has 0 bridgehead atoms. The number of carboxylic acids is 1. The molecule has 2 aromatic heterocycles. The Kier molecular flexibility index (Phi) is 7.47. The van der Waals surface area contributed by atoms with Gasteiger partial charge in [-0.05, 0) is 35.2 Å². The lowest BCUT2D eigenvalue weighted by molar-refractivity contribution is -0.141. The number of rotatable bonds is 8. The van der Waals surface area contributed by atoms with E-state index in [-0.39, 0.29) is 36.1 Å². The summed E-state index contributed by atoms with van der Waals surface area (Å²) in [5, 5.41) is 14.6. The van der Waals surface area contributed by atoms with Crippen LogP contribution in [0, 0.1) is 5.41 Å². The van der Waals surface area contributed by atoms with Gasteiger partial charge in [-0.3, -0.25) is 14.2 Å². The van der Waals surface area contributed by atoms with Gasteiger partial charge in [0.2, 0.25) is 0 Å². The second-order valence-electron chi connectivity index (χ2n) is 9.01. The third-order valence-electron chi connectivity index (χ3n) is 5.16. The van der Waals surface area contributed by atoms with E-state index in [4.69, 9.17) is 5.11 Å². The van der Waals surface area contributed by atoms with E-state index in [2.05, 4.69) is 20.6 Å². The van der Waals surface area contributed by atoms with Crippen molar-refractivity contribution in [1.29, 1.82) is 0 Å². The van der Waals surface area contributed by atoms with Gasteiger partial charge in [0.1, 0.15) is 18.0 Å². The molecule has 2 heterocycles. The standard InChI is InChI=1S/C24H26F3N5O3/c1-23(2,3)21(15-7-9-16(10-8-15)22(35)28-12-11-20(33)34)31-18-5-4-6-19(30-18)32-13-17(29-14-32)24(25,26)27/h4-10,13-14,21H,11-12H2,1-3H3,(H,28,35)(H,30,31)(H,33,34). The fourth-order valence-electron chi connectivity index (χ4n) is 3.40. The lowest BCUT2D eigenvalue weighted by Gasteiger charge is -2.32. The number of carboxylic acid groups (broad SMARTS) is 1. The van der Waals surface area contributed by atoms with E-state index in [0.29, 0.717) is 11.4 Å². The number of hydrogen-bond donors (Lipinski definition) is 3. The van der Waals surface area contributed by atoms with Crippen molar-refractivity contribution in [3.8, 4) is 5.82 Å². The van der Waals surface area contributed by atoms with Gasteiger partial charge in [-0.1, -0.05) is 39.0 Å². The molecule has 0 radical (unpaired) electrons. The Hall–Kier alpha value is -3.89. The minimum absolute atomic E-state index is 0.0332. The van der Waals surface area contributed by atoms with Gasteiger partial charge in [-0.25, -0.2) is 9.97 Å². The highest BCUT2D eigenvalue weighted by Gasteiger charge is 2.33. The molecule has 186 valence electrons. The first-order chi connectivity index (χ1) is 16.3. The Bertz CT molecular complexity index is 1180. The molecular weight excluding hydrogens is 463 g/mol. The van der Waals surface area contributed by atoms with Crippen LogP contribution < -0.4 is 10.6 Å². The summed E-state index contributed by atoms with van der Waals surface area (Å²) in [7, 11) is 0. The molecule has 35 heavy (non-hydrogen) atoms. The zero-order valence-electron chi connectivity index (χ0n) is 19.4. The van der Waals surface area contributed by atoms with Crippen molar-refractivity contribution < 1.29 is 27.9 Å². The van der Waals surface area contributed by atoms with E-state index in [1.54, 1.807) is 42.5 Å². The summed E-state index contributed by atoms with van der Waals surface area (Å²) in [6, 6.07) is 11.6. The molecule has 0 aliphatic carbocycles. The van der Waals surface area contributed by atoms with Gasteiger partial charge < -0.3 is 15.7 Å². The molecule has 0 saturated carbocycles. The number of benzene rings is 1. The van der Waals surface area contributed by atoms with Crippen LogP contribution in [0.2, 0.25) is 0 Å². The van der Waals surface area contributed by atoms with Gasteiger partial charge in [0.15, 0.2) is 5.69 Å². The maximum atomic E-state index is 12.9. The van der Waals surface area contributed by atoms with Crippen LogP contribution in [0.1, 0.15) is 54.8 Å². The number of halogens is 3. The van der Waals surface area contributed by atoms with E-state index >= 15 is 0 Å². The van der Waals surface area contributed by atoms with Crippen LogP contribution in [0.3, 0.4) is 0 Å². The van der Waals surface area contributed by atoms with Crippen molar-refractivity contribution in [3.05, 3.63) is 71.8 Å². The van der Waals surface area contributed by atoms with Gasteiger partial charge in [0, 0.05) is 18.3 Å². The number of nitrogens with one attached hydrogen (secondary N) is 2. The number of alkyl halides is 3. The quantitative estimate of drug-likeness (QED) is 0.424. The molecule has 3 aromatic rings. The highest BCUT2D eigenvalue weighted by Crippen LogP contribution is 2.36. The fraction of sp³-hybridized carbons (Fsp3) is 0.333. The van der Waals surface area contributed by atoms with Gasteiger partial charge in [0.05, 0.1) is 12.5 Å². The number of amides is 1. The second-order valence-corrected chi connectivity index (χ2v) is 9.01. The number of carbonyl (C=O) groups is 2. The first-order valence-electron chi connectivity index (χ1n) is 10.8. The zero-order valence-corrected chi connectivity index (χ0v) is 19.4. The van der Waals surface area contributed by atoms with E-state index in [0.717, 1.165) is 18.1 Å². The number of aliphatic carboxylic acids is 1. The van der Waals surface area contributed by atoms with Crippen LogP contribution in [-0.4, -0.2) is 38.1 Å². The number of carbonyl (C=O) groups excluding carboxylic acids is 1. The predicted octanol–water partition coefficient (Wildman–Crippen LogP) is 4.69. The first-order valence-corrected chi connectivity index (χ1v) is 10.8. The minimum Gasteiger partial charge on any atom is -0.481 e. The Morgan fingerprint density at radius 3 is 2.34 bits per heavy atom. The molecule has 11 heteroatoms. The molecule has 1 aromatic carbocycles. The summed E-state index contributed by atoms with van der Waals surface area (Å²) in [5.41, 5.74) is -0.0277. The second kappa shape index (κ2) is 10.2. The van der Waals surface area contributed by atoms with Crippen LogP contribution >= 0.6 is 0 Å². The molecule has 0 saturated heterocycles. The largest absolute Gasteiger partial charge is 0.481 e. The molecule has 0 fully saturated rings. The number of pyridine rings is 1. The summed E-state index contributed by atoms with van der Waals surface area (Å²) in [4.78, 5) is 30.7. The van der Waals surface area contributed by atoms with Crippen molar-refractivity contribution >= 4 is 17.7 Å². The molecule has 1 unspecified atom stereocenters. The minimum atomic E-state index is -4.54. The van der Waals surface area contributed by atoms with Crippen LogP contribution in [-0.2, 0) is 11.0 Å². The Morgan fingerprint density at radius 1 is 1.09 bits per heavy atom. The number of anilines is 1. The van der Waals surface area contributed by atoms with Crippen LogP contribution in [0.5, 0.6) is 0 Å². The lowest BCUT2D eigenvalue weighted by Crippen LogP contribution is -2.27. The van der Waals surface area contributed by atoms with E-state index < -0.39 is 17.8 Å². The molecule has 3 rings (SSSR count). The highest BCUT2D eigenvalue weighted by molar-refractivity contribution is 5.94. The van der Waals surface area contributed by atoms with Crippen molar-refractivity contribution in [3.63, 3.8) is 0 Å². The molecular formula is C24H26F3N5O3. The molecule has 0 aliphatic heterocycles. The summed E-state index contributed by atoms with van der Waals surface area (Å²) in [6.07, 6.45) is -2.76. The topological polar surface area (TPSA) is 109 Å². The molecule has 3 N–H and O–H groups in total. The Morgan fingerprint density at radius 2 is 1.77 bits per heavy atom. The van der Waals surface area contributed by atoms with Crippen molar-refractivity contribution in [2.45, 2.75) is 39.4 Å². The summed E-state index contributed by atoms with van der Waals surface area (Å²) < 4.78 is 39.9. The van der Waals surface area contributed by atoms with Crippen molar-refractivity contribution in [1.82, 2.24) is 19.9 Å². The average molecular weight is 489 g/mol. The normalized spacial score (nSPS) is 12.7. The smallest absolute Gasteiger partial charge is 0.434 e. The van der Waals surface area contributed by atoms with Gasteiger partial charge in [-0.2, -0.15) is 13.2 Å². The summed E-state index contributed by atoms with van der Waals surface area (Å²) in [5.74, 6) is -0.628. The Balaban J connectivity index is 1.79. The number of nitrogens with zero attached hydrogens (tertiary/aromatic N) is 3. The maximum absolute atomic E-state index is 12.9. The first kappa shape index (κ1) is 25.7. The third kappa shape index (κ3) is 6.81. The summed E-state index contributed by atoms with van der Waals surface area (Å²) >= 11 is 0. The average Bonchev–Trinajstić information content (AvgIpc) is 3.28. The molecule has 0 spiro atoms. The van der Waals surface area contributed by atoms with E-state index in [9.17, 15) is 22.8 Å². The predicted molar refractivity (Wildman–Crippen MR) is 123 cm³/mol. The monoisotopic (exact) mass is 489 g/mol. The van der Waals surface area contributed by atoms with Crippen LogP contribution in [0.15, 0.2) is 55.0 Å². The van der Waals surface area contributed by atoms with Crippen molar-refractivity contribution in [2.24, 2.45) is 5.41 Å². The van der Waals surface area contributed by atoms with Gasteiger partial charge in [0.25, 0.3) is 5.91 Å². The van der Waals surface area contributed by atoms with Gasteiger partial charge in [-0.15, -0.1) is 0 Å². The van der Waals surface area contributed by atoms with Crippen LogP contribution in [0.25, 0.3) is 5.82 Å². The fourth-order valence-corrected chi connectivity index (χ4v) is 3.40. The molecule has 1 amide bonds. The molecule has 8 nitrogen and oxygen atoms in total. The lowest BCUT2D eigenvalue weighted by atomic mass is 9.82. The number of aromatic nitrogens is 3. The van der Waals surface area contributed by atoms with E-state index in [1.807, 2.05) is 20.8 Å². The highest BCUT2D eigenvalue weighted by atomic mass is 19.4. The molecule has 1 atom stereocenters.